The number of aromatic nitrogens is 3. The van der Waals surface area contributed by atoms with Gasteiger partial charge in [0.15, 0.2) is 0 Å². The van der Waals surface area contributed by atoms with Gasteiger partial charge in [0, 0.05) is 23.1 Å². The minimum Gasteiger partial charge on any atom is -0.324 e. The Kier molecular flexibility index (Phi) is 3.55. The van der Waals surface area contributed by atoms with E-state index in [2.05, 4.69) is 44.8 Å². The van der Waals surface area contributed by atoms with Crippen LogP contribution in [0.5, 0.6) is 0 Å². The maximum atomic E-state index is 6.14. The van der Waals surface area contributed by atoms with Crippen molar-refractivity contribution in [3.63, 3.8) is 0 Å². The van der Waals surface area contributed by atoms with Crippen LogP contribution < -0.4 is 5.73 Å². The van der Waals surface area contributed by atoms with Gasteiger partial charge in [0.05, 0.1) is 0 Å². The van der Waals surface area contributed by atoms with Crippen LogP contribution in [0.2, 0.25) is 0 Å². The molecule has 0 radical (unpaired) electrons. The molecule has 16 heavy (non-hydrogen) atoms. The van der Waals surface area contributed by atoms with E-state index in [1.54, 1.807) is 11.0 Å². The summed E-state index contributed by atoms with van der Waals surface area (Å²) in [5.74, 6) is 0.909. The lowest BCUT2D eigenvalue weighted by atomic mass is 10.0. The summed E-state index contributed by atoms with van der Waals surface area (Å²) in [6.45, 7) is 0. The fraction of sp³-hybridized carbons (Fsp3) is 0.273. The molecule has 0 bridgehead atoms. The molecule has 84 valence electrons. The third-order valence-corrected chi connectivity index (χ3v) is 3.16. The Balaban J connectivity index is 2.14. The zero-order valence-electron chi connectivity index (χ0n) is 8.97. The Hall–Kier alpha value is -0.950. The van der Waals surface area contributed by atoms with Crippen LogP contribution in [0.1, 0.15) is 17.4 Å². The molecule has 0 aliphatic heterocycles. The highest BCUT2D eigenvalue weighted by atomic mass is 127. The van der Waals surface area contributed by atoms with E-state index >= 15 is 0 Å². The second kappa shape index (κ2) is 4.92. The molecule has 0 fully saturated rings. The molecule has 0 saturated heterocycles. The SMILES string of the molecule is Cn1ncnc1CC(N)c1cccc(I)c1. The van der Waals surface area contributed by atoms with Crippen LogP contribution in [0.3, 0.4) is 0 Å². The van der Waals surface area contributed by atoms with Gasteiger partial charge in [-0.25, -0.2) is 4.98 Å². The molecule has 0 aliphatic carbocycles. The number of aryl methyl sites for hydroxylation is 1. The first-order chi connectivity index (χ1) is 7.66. The highest BCUT2D eigenvalue weighted by molar-refractivity contribution is 14.1. The molecule has 2 rings (SSSR count). The van der Waals surface area contributed by atoms with Crippen LogP contribution in [0.25, 0.3) is 0 Å². The Morgan fingerprint density at radius 1 is 1.50 bits per heavy atom. The van der Waals surface area contributed by atoms with Gasteiger partial charge >= 0.3 is 0 Å². The lowest BCUT2D eigenvalue weighted by molar-refractivity contribution is 0.629. The van der Waals surface area contributed by atoms with E-state index in [0.29, 0.717) is 6.42 Å². The predicted molar refractivity (Wildman–Crippen MR) is 70.8 cm³/mol. The van der Waals surface area contributed by atoms with E-state index in [9.17, 15) is 0 Å². The fourth-order valence-electron chi connectivity index (χ4n) is 1.56. The van der Waals surface area contributed by atoms with Crippen LogP contribution in [-0.2, 0) is 13.5 Å². The third-order valence-electron chi connectivity index (χ3n) is 2.48. The van der Waals surface area contributed by atoms with Crippen molar-refractivity contribution in [2.24, 2.45) is 12.8 Å². The lowest BCUT2D eigenvalue weighted by Crippen LogP contribution is -2.16. The fourth-order valence-corrected chi connectivity index (χ4v) is 2.12. The van der Waals surface area contributed by atoms with Gasteiger partial charge in [0.2, 0.25) is 0 Å². The summed E-state index contributed by atoms with van der Waals surface area (Å²) in [7, 11) is 1.88. The van der Waals surface area contributed by atoms with Crippen LogP contribution >= 0.6 is 22.6 Å². The van der Waals surface area contributed by atoms with Crippen LogP contribution in [0.4, 0.5) is 0 Å². The molecular formula is C11H13IN4. The average molecular weight is 328 g/mol. The zero-order valence-corrected chi connectivity index (χ0v) is 11.1. The summed E-state index contributed by atoms with van der Waals surface area (Å²) in [5, 5.41) is 4.03. The number of rotatable bonds is 3. The number of hydrogen-bond donors (Lipinski definition) is 1. The molecular weight excluding hydrogens is 315 g/mol. The van der Waals surface area contributed by atoms with Crippen molar-refractivity contribution in [3.05, 3.63) is 45.6 Å². The number of benzene rings is 1. The normalized spacial score (nSPS) is 12.7. The number of halogens is 1. The molecule has 1 aromatic carbocycles. The first-order valence-corrected chi connectivity index (χ1v) is 6.08. The Morgan fingerprint density at radius 3 is 2.94 bits per heavy atom. The van der Waals surface area contributed by atoms with Crippen molar-refractivity contribution in [2.45, 2.75) is 12.5 Å². The number of nitrogens with two attached hydrogens (primary N) is 1. The summed E-state index contributed by atoms with van der Waals surface area (Å²) in [4.78, 5) is 4.17. The molecule has 2 N–H and O–H groups in total. The van der Waals surface area contributed by atoms with Gasteiger partial charge in [-0.2, -0.15) is 5.10 Å². The van der Waals surface area contributed by atoms with Gasteiger partial charge in [-0.05, 0) is 40.3 Å². The monoisotopic (exact) mass is 328 g/mol. The minimum atomic E-state index is -0.0300. The van der Waals surface area contributed by atoms with Crippen molar-refractivity contribution in [2.75, 3.05) is 0 Å². The largest absolute Gasteiger partial charge is 0.324 e. The van der Waals surface area contributed by atoms with Gasteiger partial charge < -0.3 is 5.73 Å². The van der Waals surface area contributed by atoms with E-state index in [-0.39, 0.29) is 6.04 Å². The summed E-state index contributed by atoms with van der Waals surface area (Å²) in [6, 6.07) is 8.19. The van der Waals surface area contributed by atoms with Crippen LogP contribution in [-0.4, -0.2) is 14.8 Å². The molecule has 0 spiro atoms. The number of hydrogen-bond acceptors (Lipinski definition) is 3. The van der Waals surface area contributed by atoms with E-state index in [1.807, 2.05) is 19.2 Å². The van der Waals surface area contributed by atoms with Gasteiger partial charge in [-0.1, -0.05) is 12.1 Å². The first-order valence-electron chi connectivity index (χ1n) is 5.00. The summed E-state index contributed by atoms with van der Waals surface area (Å²) < 4.78 is 2.96. The molecule has 0 amide bonds. The molecule has 0 aliphatic rings. The van der Waals surface area contributed by atoms with Crippen LogP contribution in [0, 0.1) is 3.57 Å². The minimum absolute atomic E-state index is 0.0300. The molecule has 1 heterocycles. The molecule has 1 atom stereocenters. The van der Waals surface area contributed by atoms with Gasteiger partial charge in [-0.15, -0.1) is 0 Å². The molecule has 0 saturated carbocycles. The highest BCUT2D eigenvalue weighted by Crippen LogP contribution is 2.16. The Morgan fingerprint density at radius 2 is 2.31 bits per heavy atom. The Labute approximate surface area is 108 Å². The molecule has 1 aromatic heterocycles. The average Bonchev–Trinajstić information content (AvgIpc) is 2.64. The van der Waals surface area contributed by atoms with Gasteiger partial charge in [0.25, 0.3) is 0 Å². The number of nitrogens with zero attached hydrogens (tertiary/aromatic N) is 3. The van der Waals surface area contributed by atoms with Crippen molar-refractivity contribution in [1.29, 1.82) is 0 Å². The second-order valence-corrected chi connectivity index (χ2v) is 4.91. The maximum Gasteiger partial charge on any atom is 0.138 e. The van der Waals surface area contributed by atoms with E-state index < -0.39 is 0 Å². The topological polar surface area (TPSA) is 56.7 Å². The van der Waals surface area contributed by atoms with Crippen molar-refractivity contribution < 1.29 is 0 Å². The molecule has 1 unspecified atom stereocenters. The smallest absolute Gasteiger partial charge is 0.138 e. The second-order valence-electron chi connectivity index (χ2n) is 3.67. The van der Waals surface area contributed by atoms with Gasteiger partial charge in [0.1, 0.15) is 12.2 Å². The van der Waals surface area contributed by atoms with E-state index in [1.165, 1.54) is 3.57 Å². The summed E-state index contributed by atoms with van der Waals surface area (Å²) in [5.41, 5.74) is 7.27. The standard InChI is InChI=1S/C11H13IN4/c1-16-11(14-7-15-16)6-10(13)8-3-2-4-9(12)5-8/h2-5,7,10H,6,13H2,1H3. The summed E-state index contributed by atoms with van der Waals surface area (Å²) in [6.07, 6.45) is 2.26. The van der Waals surface area contributed by atoms with Crippen molar-refractivity contribution >= 4 is 22.6 Å². The third kappa shape index (κ3) is 2.59. The molecule has 4 nitrogen and oxygen atoms in total. The van der Waals surface area contributed by atoms with Gasteiger partial charge in [-0.3, -0.25) is 4.68 Å². The van der Waals surface area contributed by atoms with Crippen molar-refractivity contribution in [3.8, 4) is 0 Å². The molecule has 5 heteroatoms. The van der Waals surface area contributed by atoms with E-state index in [0.717, 1.165) is 11.4 Å². The van der Waals surface area contributed by atoms with E-state index in [4.69, 9.17) is 5.73 Å². The summed E-state index contributed by atoms with van der Waals surface area (Å²) >= 11 is 2.29. The highest BCUT2D eigenvalue weighted by Gasteiger charge is 2.10. The Bertz CT molecular complexity index is 480. The quantitative estimate of drug-likeness (QED) is 0.872. The molecule has 2 aromatic rings. The van der Waals surface area contributed by atoms with Crippen LogP contribution in [0.15, 0.2) is 30.6 Å². The van der Waals surface area contributed by atoms with Crippen molar-refractivity contribution in [1.82, 2.24) is 14.8 Å². The zero-order chi connectivity index (χ0) is 11.5. The predicted octanol–water partition coefficient (Wildman–Crippen LogP) is 1.66. The lowest BCUT2D eigenvalue weighted by Gasteiger charge is -2.11. The first kappa shape index (κ1) is 11.5. The maximum absolute atomic E-state index is 6.14.